The van der Waals surface area contributed by atoms with E-state index in [2.05, 4.69) is 0 Å². The molecule has 4 amide bonds. The van der Waals surface area contributed by atoms with Crippen LogP contribution in [0.5, 0.6) is 11.5 Å². The summed E-state index contributed by atoms with van der Waals surface area (Å²) in [7, 11) is 3.00. The fraction of sp³-hybridized carbons (Fsp3) is 0.250. The molecule has 44 heavy (non-hydrogen) atoms. The van der Waals surface area contributed by atoms with E-state index >= 15 is 0 Å². The molecule has 4 fully saturated rings. The molecular weight excluding hydrogens is 601 g/mol. The zero-order valence-corrected chi connectivity index (χ0v) is 25.2. The number of fused-ring (bicyclic) bond motifs is 5. The van der Waals surface area contributed by atoms with Gasteiger partial charge in [-0.2, -0.15) is 0 Å². The third-order valence-corrected chi connectivity index (χ3v) is 10.9. The Balaban J connectivity index is 1.31. The lowest BCUT2D eigenvalue weighted by Gasteiger charge is -2.35. The van der Waals surface area contributed by atoms with Gasteiger partial charge in [0.2, 0.25) is 11.8 Å². The first-order chi connectivity index (χ1) is 21.5. The van der Waals surface area contributed by atoms with Crippen LogP contribution in [0.1, 0.15) is 21.8 Å². The number of benzene rings is 2. The predicted octanol–water partition coefficient (Wildman–Crippen LogP) is 4.27. The van der Waals surface area contributed by atoms with Crippen LogP contribution < -0.4 is 19.3 Å². The predicted molar refractivity (Wildman–Crippen MR) is 163 cm³/mol. The fourth-order valence-electron chi connectivity index (χ4n) is 7.42. The van der Waals surface area contributed by atoms with Crippen LogP contribution in [0.15, 0.2) is 83.6 Å². The van der Waals surface area contributed by atoms with Gasteiger partial charge in [0.1, 0.15) is 23.6 Å². The Morgan fingerprint density at radius 1 is 0.523 bits per heavy atom. The number of imide groups is 2. The topological polar surface area (TPSA) is 99.7 Å². The normalized spacial score (nSPS) is 28.1. The van der Waals surface area contributed by atoms with Gasteiger partial charge in [-0.25, -0.2) is 19.8 Å². The van der Waals surface area contributed by atoms with Crippen LogP contribution in [0.25, 0.3) is 0 Å². The first kappa shape index (κ1) is 27.2. The zero-order valence-electron chi connectivity index (χ0n) is 23.6. The number of ether oxygens (including phenoxy) is 2. The van der Waals surface area contributed by atoms with Gasteiger partial charge in [0.05, 0.1) is 49.5 Å². The molecule has 12 heteroatoms. The Bertz CT molecular complexity index is 1680. The van der Waals surface area contributed by atoms with Gasteiger partial charge < -0.3 is 9.47 Å². The number of carbonyl (C=O) groups excluding carboxylic acids is 4. The number of methoxy groups -OCH3 is 2. The van der Waals surface area contributed by atoms with Gasteiger partial charge in [-0.3, -0.25) is 19.2 Å². The molecule has 4 saturated heterocycles. The van der Waals surface area contributed by atoms with Crippen LogP contribution in [0.3, 0.4) is 0 Å². The second-order valence-electron chi connectivity index (χ2n) is 11.0. The minimum atomic E-state index is -0.919. The van der Waals surface area contributed by atoms with Gasteiger partial charge in [-0.1, -0.05) is 36.4 Å². The lowest BCUT2D eigenvalue weighted by Crippen LogP contribution is -2.50. The maximum atomic E-state index is 14.5. The number of hydrogen-bond donors (Lipinski definition) is 0. The molecule has 222 valence electrons. The number of thiophene rings is 2. The Labute approximate surface area is 260 Å². The second-order valence-corrected chi connectivity index (χ2v) is 12.9. The van der Waals surface area contributed by atoms with Crippen molar-refractivity contribution < 1.29 is 28.7 Å². The van der Waals surface area contributed by atoms with Gasteiger partial charge in [0.15, 0.2) is 0 Å². The summed E-state index contributed by atoms with van der Waals surface area (Å²) in [4.78, 5) is 61.9. The molecule has 8 rings (SSSR count). The molecule has 0 saturated carbocycles. The summed E-state index contributed by atoms with van der Waals surface area (Å²) in [6, 6.07) is 18.4. The number of para-hydroxylation sites is 4. The van der Waals surface area contributed by atoms with Crippen molar-refractivity contribution in [2.45, 2.75) is 24.2 Å². The van der Waals surface area contributed by atoms with Crippen LogP contribution in [0.4, 0.5) is 11.4 Å². The molecule has 0 spiro atoms. The maximum Gasteiger partial charge on any atom is 0.253 e. The lowest BCUT2D eigenvalue weighted by molar-refractivity contribution is -0.135. The molecule has 10 nitrogen and oxygen atoms in total. The van der Waals surface area contributed by atoms with Crippen molar-refractivity contribution in [3.05, 3.63) is 93.3 Å². The highest BCUT2D eigenvalue weighted by Crippen LogP contribution is 2.61. The highest BCUT2D eigenvalue weighted by molar-refractivity contribution is 7.10. The average Bonchev–Trinajstić information content (AvgIpc) is 3.88. The van der Waals surface area contributed by atoms with E-state index in [1.807, 2.05) is 45.0 Å². The first-order valence-electron chi connectivity index (χ1n) is 14.1. The molecule has 0 radical (unpaired) electrons. The Kier molecular flexibility index (Phi) is 6.24. The first-order valence-corrected chi connectivity index (χ1v) is 15.9. The smallest absolute Gasteiger partial charge is 0.253 e. The number of hydrazine groups is 1. The molecule has 4 aliphatic heterocycles. The van der Waals surface area contributed by atoms with Crippen molar-refractivity contribution in [1.82, 2.24) is 10.0 Å². The van der Waals surface area contributed by atoms with Gasteiger partial charge >= 0.3 is 0 Å². The molecule has 0 bridgehead atoms. The second kappa shape index (κ2) is 10.1. The number of amides is 4. The largest absolute Gasteiger partial charge is 0.495 e. The molecule has 4 aromatic rings. The number of carbonyl (C=O) groups is 4. The van der Waals surface area contributed by atoms with Gasteiger partial charge in [0, 0.05) is 9.75 Å². The zero-order chi connectivity index (χ0) is 30.3. The van der Waals surface area contributed by atoms with Crippen LogP contribution >= 0.6 is 22.7 Å². The summed E-state index contributed by atoms with van der Waals surface area (Å²) in [5.41, 5.74) is 0.745. The summed E-state index contributed by atoms with van der Waals surface area (Å²) in [5.74, 6) is -2.34. The average molecular weight is 627 g/mol. The molecule has 0 unspecified atom stereocenters. The van der Waals surface area contributed by atoms with Crippen molar-refractivity contribution in [3.8, 4) is 11.5 Å². The minimum Gasteiger partial charge on any atom is -0.495 e. The van der Waals surface area contributed by atoms with Crippen LogP contribution in [-0.2, 0) is 19.2 Å². The van der Waals surface area contributed by atoms with E-state index in [1.54, 1.807) is 48.5 Å². The van der Waals surface area contributed by atoms with E-state index in [0.717, 1.165) is 9.75 Å². The number of hydrogen-bond acceptors (Lipinski definition) is 10. The molecule has 2 aromatic heterocycles. The van der Waals surface area contributed by atoms with E-state index in [-0.39, 0.29) is 11.8 Å². The summed E-state index contributed by atoms with van der Waals surface area (Å²) < 4.78 is 11.1. The van der Waals surface area contributed by atoms with Crippen molar-refractivity contribution in [3.63, 3.8) is 0 Å². The van der Waals surface area contributed by atoms with Crippen molar-refractivity contribution in [1.29, 1.82) is 0 Å². The Morgan fingerprint density at radius 3 is 1.30 bits per heavy atom. The standard InChI is InChI=1S/C32H26N4O6S2/c1-41-19-11-5-3-9-17(19)33-29(37)23-25(21-13-7-15-43-21)36-28-24(26(22-14-8-16-44-22)35(36)27(23)31(33)39)30(38)34(32(28)40)18-10-4-6-12-20(18)42-2/h3-16,23-28H,1-2H3/t23-,24-,25-,26+,27+,28-/m1/s1. The number of anilines is 2. The number of nitrogens with zero attached hydrogens (tertiary/aromatic N) is 4. The Morgan fingerprint density at radius 2 is 0.932 bits per heavy atom. The molecule has 6 atom stereocenters. The van der Waals surface area contributed by atoms with E-state index in [1.165, 1.54) is 46.7 Å². The van der Waals surface area contributed by atoms with Crippen molar-refractivity contribution in [2.75, 3.05) is 24.0 Å². The van der Waals surface area contributed by atoms with E-state index in [0.29, 0.717) is 22.9 Å². The summed E-state index contributed by atoms with van der Waals surface area (Å²) in [6.07, 6.45) is 0. The lowest BCUT2D eigenvalue weighted by atomic mass is 9.88. The third-order valence-electron chi connectivity index (χ3n) is 9.05. The van der Waals surface area contributed by atoms with Crippen LogP contribution in [0, 0.1) is 11.8 Å². The van der Waals surface area contributed by atoms with E-state index in [4.69, 9.17) is 9.47 Å². The van der Waals surface area contributed by atoms with Crippen molar-refractivity contribution >= 4 is 57.7 Å². The maximum absolute atomic E-state index is 14.5. The SMILES string of the molecule is COc1ccccc1N1C(=O)[C@H]2[C@@H](C1=O)N1[C@@H](c3cccs3)[C@H]3C(=O)N(c4ccccc4OC)C(=O)[C@@H]3N1[C@@H]2c1cccs1. The molecule has 2 aromatic carbocycles. The van der Waals surface area contributed by atoms with Gasteiger partial charge in [-0.15, -0.1) is 22.7 Å². The third kappa shape index (κ3) is 3.53. The van der Waals surface area contributed by atoms with E-state index in [9.17, 15) is 19.2 Å². The van der Waals surface area contributed by atoms with Gasteiger partial charge in [0.25, 0.3) is 11.8 Å². The molecular formula is C32H26N4O6S2. The molecule has 4 aliphatic rings. The summed E-state index contributed by atoms with van der Waals surface area (Å²) in [5, 5.41) is 7.58. The minimum absolute atomic E-state index is 0.364. The monoisotopic (exact) mass is 626 g/mol. The molecule has 0 N–H and O–H groups in total. The fourth-order valence-corrected chi connectivity index (χ4v) is 9.15. The van der Waals surface area contributed by atoms with Crippen LogP contribution in [0.2, 0.25) is 0 Å². The quantitative estimate of drug-likeness (QED) is 0.293. The van der Waals surface area contributed by atoms with Crippen LogP contribution in [-0.4, -0.2) is 59.9 Å². The molecule has 0 aliphatic carbocycles. The van der Waals surface area contributed by atoms with E-state index < -0.39 is 47.8 Å². The number of rotatable bonds is 6. The highest BCUT2D eigenvalue weighted by atomic mass is 32.1. The molecule has 6 heterocycles. The Hall–Kier alpha value is -4.36. The van der Waals surface area contributed by atoms with Crippen molar-refractivity contribution in [2.24, 2.45) is 11.8 Å². The summed E-state index contributed by atoms with van der Waals surface area (Å²) in [6.45, 7) is 0. The highest BCUT2D eigenvalue weighted by Gasteiger charge is 2.74. The summed E-state index contributed by atoms with van der Waals surface area (Å²) >= 11 is 2.92. The van der Waals surface area contributed by atoms with Gasteiger partial charge in [-0.05, 0) is 47.2 Å².